The molecule has 0 saturated heterocycles. The summed E-state index contributed by atoms with van der Waals surface area (Å²) in [7, 11) is 0. The zero-order valence-electron chi connectivity index (χ0n) is 12.6. The molecule has 0 aromatic carbocycles. The summed E-state index contributed by atoms with van der Waals surface area (Å²) in [6, 6.07) is 4.70. The van der Waals surface area contributed by atoms with Crippen LogP contribution in [0, 0.1) is 0 Å². The van der Waals surface area contributed by atoms with Crippen LogP contribution in [0.2, 0.25) is 0 Å². The molecule has 0 fully saturated rings. The minimum atomic E-state index is 0.382. The Morgan fingerprint density at radius 1 is 1.26 bits per heavy atom. The number of aromatic nitrogens is 1. The van der Waals surface area contributed by atoms with Crippen molar-refractivity contribution in [3.05, 3.63) is 23.9 Å². The molecule has 1 aromatic heterocycles. The van der Waals surface area contributed by atoms with E-state index in [-0.39, 0.29) is 0 Å². The Labute approximate surface area is 122 Å². The van der Waals surface area contributed by atoms with Crippen LogP contribution in [-0.4, -0.2) is 41.8 Å². The van der Waals surface area contributed by atoms with Crippen molar-refractivity contribution in [2.45, 2.75) is 38.8 Å². The van der Waals surface area contributed by atoms with Crippen molar-refractivity contribution in [1.29, 1.82) is 0 Å². The third-order valence-corrected chi connectivity index (χ3v) is 4.25. The average Bonchev–Trinajstić information content (AvgIpc) is 2.44. The Morgan fingerprint density at radius 3 is 2.53 bits per heavy atom. The molecule has 4 heteroatoms. The first-order valence-electron chi connectivity index (χ1n) is 7.25. The van der Waals surface area contributed by atoms with Gasteiger partial charge in [-0.1, -0.05) is 26.8 Å². The summed E-state index contributed by atoms with van der Waals surface area (Å²) in [5.74, 6) is 1.11. The fraction of sp³-hybridized carbons (Fsp3) is 0.667. The van der Waals surface area contributed by atoms with Gasteiger partial charge in [0, 0.05) is 24.5 Å². The van der Waals surface area contributed by atoms with Crippen LogP contribution >= 0.6 is 11.8 Å². The van der Waals surface area contributed by atoms with Crippen molar-refractivity contribution < 1.29 is 0 Å². The van der Waals surface area contributed by atoms with E-state index in [1.807, 2.05) is 18.0 Å². The molecule has 0 aliphatic carbocycles. The van der Waals surface area contributed by atoms with E-state index >= 15 is 0 Å². The van der Waals surface area contributed by atoms with Gasteiger partial charge >= 0.3 is 0 Å². The normalized spacial score (nSPS) is 12.9. The summed E-state index contributed by atoms with van der Waals surface area (Å²) in [6.45, 7) is 13.1. The fourth-order valence-corrected chi connectivity index (χ4v) is 2.83. The van der Waals surface area contributed by atoms with Gasteiger partial charge in [-0.2, -0.15) is 0 Å². The van der Waals surface area contributed by atoms with Crippen molar-refractivity contribution in [3.63, 3.8) is 0 Å². The van der Waals surface area contributed by atoms with E-state index in [0.29, 0.717) is 6.04 Å². The van der Waals surface area contributed by atoms with Gasteiger partial charge in [-0.25, -0.2) is 4.98 Å². The third-order valence-electron chi connectivity index (χ3n) is 3.32. The summed E-state index contributed by atoms with van der Waals surface area (Å²) in [5, 5.41) is 4.53. The SMILES string of the molecule is CCNC(C)c1ccc(SCCN(CC)CC)nc1. The van der Waals surface area contributed by atoms with Crippen LogP contribution in [0.15, 0.2) is 23.4 Å². The predicted molar refractivity (Wildman–Crippen MR) is 84.8 cm³/mol. The van der Waals surface area contributed by atoms with E-state index < -0.39 is 0 Å². The maximum atomic E-state index is 4.53. The molecule has 1 aromatic rings. The molecule has 19 heavy (non-hydrogen) atoms. The second kappa shape index (κ2) is 9.34. The molecule has 1 atom stereocenters. The molecule has 1 unspecified atom stereocenters. The summed E-state index contributed by atoms with van der Waals surface area (Å²) >= 11 is 1.84. The number of hydrogen-bond acceptors (Lipinski definition) is 4. The third kappa shape index (κ3) is 5.93. The maximum Gasteiger partial charge on any atom is 0.0960 e. The van der Waals surface area contributed by atoms with Crippen molar-refractivity contribution >= 4 is 11.8 Å². The number of rotatable bonds is 9. The monoisotopic (exact) mass is 281 g/mol. The second-order valence-corrected chi connectivity index (χ2v) is 5.70. The lowest BCUT2D eigenvalue weighted by Gasteiger charge is -2.17. The minimum absolute atomic E-state index is 0.382. The summed E-state index contributed by atoms with van der Waals surface area (Å²) < 4.78 is 0. The Balaban J connectivity index is 2.40. The molecule has 0 bridgehead atoms. The van der Waals surface area contributed by atoms with Crippen LogP contribution in [0.4, 0.5) is 0 Å². The molecule has 3 nitrogen and oxygen atoms in total. The van der Waals surface area contributed by atoms with Crippen molar-refractivity contribution in [3.8, 4) is 0 Å². The Bertz CT molecular complexity index is 336. The van der Waals surface area contributed by atoms with Crippen molar-refractivity contribution in [2.24, 2.45) is 0 Å². The topological polar surface area (TPSA) is 28.2 Å². The number of pyridine rings is 1. The van der Waals surface area contributed by atoms with Crippen molar-refractivity contribution in [1.82, 2.24) is 15.2 Å². The molecule has 0 aliphatic rings. The molecule has 1 rings (SSSR count). The number of hydrogen-bond donors (Lipinski definition) is 1. The van der Waals surface area contributed by atoms with Crippen LogP contribution < -0.4 is 5.32 Å². The smallest absolute Gasteiger partial charge is 0.0960 e. The van der Waals surface area contributed by atoms with Crippen LogP contribution in [0.3, 0.4) is 0 Å². The quantitative estimate of drug-likeness (QED) is 0.704. The van der Waals surface area contributed by atoms with Gasteiger partial charge in [0.25, 0.3) is 0 Å². The predicted octanol–water partition coefficient (Wildman–Crippen LogP) is 3.19. The number of nitrogens with one attached hydrogen (secondary N) is 1. The molecule has 0 saturated carbocycles. The van der Waals surface area contributed by atoms with Gasteiger partial charge in [0.05, 0.1) is 5.03 Å². The second-order valence-electron chi connectivity index (χ2n) is 4.58. The highest BCUT2D eigenvalue weighted by molar-refractivity contribution is 7.99. The van der Waals surface area contributed by atoms with Crippen LogP contribution in [0.5, 0.6) is 0 Å². The lowest BCUT2D eigenvalue weighted by molar-refractivity contribution is 0.324. The summed E-state index contributed by atoms with van der Waals surface area (Å²) in [4.78, 5) is 6.97. The molecule has 1 heterocycles. The van der Waals surface area contributed by atoms with Gasteiger partial charge in [-0.05, 0) is 38.2 Å². The molecule has 0 aliphatic heterocycles. The fourth-order valence-electron chi connectivity index (χ4n) is 1.98. The maximum absolute atomic E-state index is 4.53. The lowest BCUT2D eigenvalue weighted by Crippen LogP contribution is -2.25. The molecular weight excluding hydrogens is 254 g/mol. The van der Waals surface area contributed by atoms with Gasteiger partial charge in [0.1, 0.15) is 0 Å². The first-order valence-corrected chi connectivity index (χ1v) is 8.24. The van der Waals surface area contributed by atoms with Gasteiger partial charge < -0.3 is 10.2 Å². The molecule has 1 N–H and O–H groups in total. The highest BCUT2D eigenvalue weighted by Crippen LogP contribution is 2.18. The van der Waals surface area contributed by atoms with E-state index in [9.17, 15) is 0 Å². The highest BCUT2D eigenvalue weighted by Gasteiger charge is 2.05. The zero-order chi connectivity index (χ0) is 14.1. The van der Waals surface area contributed by atoms with Crippen molar-refractivity contribution in [2.75, 3.05) is 31.9 Å². The van der Waals surface area contributed by atoms with E-state index in [1.54, 1.807) is 0 Å². The van der Waals surface area contributed by atoms with E-state index in [4.69, 9.17) is 0 Å². The van der Waals surface area contributed by atoms with Crippen LogP contribution in [-0.2, 0) is 0 Å². The van der Waals surface area contributed by atoms with E-state index in [2.05, 4.69) is 55.0 Å². The van der Waals surface area contributed by atoms with E-state index in [1.165, 1.54) is 5.56 Å². The summed E-state index contributed by atoms with van der Waals surface area (Å²) in [6.07, 6.45) is 1.99. The largest absolute Gasteiger partial charge is 0.310 e. The van der Waals surface area contributed by atoms with Crippen LogP contribution in [0.1, 0.15) is 39.3 Å². The number of thioether (sulfide) groups is 1. The Hall–Kier alpha value is -0.580. The van der Waals surface area contributed by atoms with Gasteiger partial charge in [0.2, 0.25) is 0 Å². The zero-order valence-corrected chi connectivity index (χ0v) is 13.5. The first-order chi connectivity index (χ1) is 9.21. The summed E-state index contributed by atoms with van der Waals surface area (Å²) in [5.41, 5.74) is 1.26. The standard InChI is InChI=1S/C15H27N3S/c1-5-16-13(4)14-8-9-15(17-12-14)19-11-10-18(6-2)7-3/h8-9,12-13,16H,5-7,10-11H2,1-4H3. The molecule has 108 valence electrons. The Morgan fingerprint density at radius 2 is 2.00 bits per heavy atom. The molecule has 0 amide bonds. The number of nitrogens with zero attached hydrogens (tertiary/aromatic N) is 2. The first kappa shape index (κ1) is 16.5. The van der Waals surface area contributed by atoms with Crippen LogP contribution in [0.25, 0.3) is 0 Å². The highest BCUT2D eigenvalue weighted by atomic mass is 32.2. The molecule has 0 spiro atoms. The van der Waals surface area contributed by atoms with Gasteiger partial charge in [-0.3, -0.25) is 0 Å². The van der Waals surface area contributed by atoms with Gasteiger partial charge in [-0.15, -0.1) is 11.8 Å². The molecule has 0 radical (unpaired) electrons. The van der Waals surface area contributed by atoms with Gasteiger partial charge in [0.15, 0.2) is 0 Å². The molecular formula is C15H27N3S. The Kier molecular flexibility index (Phi) is 8.10. The lowest BCUT2D eigenvalue weighted by atomic mass is 10.1. The minimum Gasteiger partial charge on any atom is -0.310 e. The van der Waals surface area contributed by atoms with E-state index in [0.717, 1.165) is 37.0 Å². The average molecular weight is 281 g/mol.